The number of para-hydroxylation sites is 2. The molecule has 0 saturated heterocycles. The van der Waals surface area contributed by atoms with Gasteiger partial charge < -0.3 is 4.90 Å². The summed E-state index contributed by atoms with van der Waals surface area (Å²) in [6, 6.07) is 8.93. The van der Waals surface area contributed by atoms with Crippen LogP contribution >= 0.6 is 27.3 Å². The number of hydrogen-bond acceptors (Lipinski definition) is 4. The molecule has 1 aromatic heterocycles. The van der Waals surface area contributed by atoms with Gasteiger partial charge in [0, 0.05) is 19.0 Å². The Labute approximate surface area is 131 Å². The van der Waals surface area contributed by atoms with Gasteiger partial charge in [-0.1, -0.05) is 12.1 Å². The topological polar surface area (TPSA) is 49.4 Å². The second-order valence-electron chi connectivity index (χ2n) is 4.49. The minimum absolute atomic E-state index is 0.308. The SMILES string of the molecule is Cc1sc(Br)cc1S(=O)(=O)Nc1ccccc1N(C)C. The molecule has 0 saturated carbocycles. The molecule has 1 heterocycles. The quantitative estimate of drug-likeness (QED) is 0.887. The molecule has 1 N–H and O–H groups in total. The molecule has 0 atom stereocenters. The van der Waals surface area contributed by atoms with E-state index >= 15 is 0 Å². The van der Waals surface area contributed by atoms with E-state index in [0.717, 1.165) is 14.4 Å². The van der Waals surface area contributed by atoms with Crippen molar-refractivity contribution in [1.82, 2.24) is 0 Å². The fourth-order valence-corrected chi connectivity index (χ4v) is 5.34. The Morgan fingerprint density at radius 3 is 2.45 bits per heavy atom. The van der Waals surface area contributed by atoms with Gasteiger partial charge in [0.25, 0.3) is 10.0 Å². The number of benzene rings is 1. The predicted octanol–water partition coefficient (Wildman–Crippen LogP) is 3.69. The van der Waals surface area contributed by atoms with Crippen molar-refractivity contribution >= 4 is 48.7 Å². The molecule has 1 aromatic carbocycles. The van der Waals surface area contributed by atoms with Crippen LogP contribution in [0.5, 0.6) is 0 Å². The number of thiophene rings is 1. The minimum atomic E-state index is -3.58. The standard InChI is InChI=1S/C13H15BrN2O2S2/c1-9-12(8-13(14)19-9)20(17,18)15-10-6-4-5-7-11(10)16(2)3/h4-8,15H,1-3H3. The second-order valence-corrected chi connectivity index (χ2v) is 8.77. The third-order valence-electron chi connectivity index (χ3n) is 2.76. The van der Waals surface area contributed by atoms with Crippen LogP contribution in [0, 0.1) is 6.92 Å². The summed E-state index contributed by atoms with van der Waals surface area (Å²) in [4.78, 5) is 2.93. The highest BCUT2D eigenvalue weighted by Crippen LogP contribution is 2.32. The smallest absolute Gasteiger partial charge is 0.263 e. The first kappa shape index (κ1) is 15.3. The molecule has 0 aliphatic heterocycles. The van der Waals surface area contributed by atoms with E-state index in [4.69, 9.17) is 0 Å². The van der Waals surface area contributed by atoms with Gasteiger partial charge in [0.15, 0.2) is 0 Å². The molecule has 0 bridgehead atoms. The van der Waals surface area contributed by atoms with Gasteiger partial charge in [-0.3, -0.25) is 4.72 Å². The summed E-state index contributed by atoms with van der Waals surface area (Å²) in [6.45, 7) is 1.79. The lowest BCUT2D eigenvalue weighted by Crippen LogP contribution is -2.17. The lowest BCUT2D eigenvalue weighted by molar-refractivity contribution is 0.601. The first-order valence-electron chi connectivity index (χ1n) is 5.86. The average Bonchev–Trinajstić information content (AvgIpc) is 2.69. The lowest BCUT2D eigenvalue weighted by Gasteiger charge is -2.18. The largest absolute Gasteiger partial charge is 0.376 e. The van der Waals surface area contributed by atoms with Crippen molar-refractivity contribution in [1.29, 1.82) is 0 Å². The van der Waals surface area contributed by atoms with Crippen molar-refractivity contribution in [3.8, 4) is 0 Å². The number of rotatable bonds is 4. The van der Waals surface area contributed by atoms with Gasteiger partial charge >= 0.3 is 0 Å². The normalized spacial score (nSPS) is 11.4. The molecule has 0 amide bonds. The first-order valence-corrected chi connectivity index (χ1v) is 8.95. The molecule has 7 heteroatoms. The summed E-state index contributed by atoms with van der Waals surface area (Å²) in [5.41, 5.74) is 1.39. The number of halogens is 1. The highest BCUT2D eigenvalue weighted by Gasteiger charge is 2.20. The molecule has 0 spiro atoms. The van der Waals surface area contributed by atoms with Crippen molar-refractivity contribution in [2.45, 2.75) is 11.8 Å². The molecule has 2 rings (SSSR count). The van der Waals surface area contributed by atoms with E-state index < -0.39 is 10.0 Å². The molecule has 108 valence electrons. The van der Waals surface area contributed by atoms with E-state index in [1.165, 1.54) is 11.3 Å². The molecular formula is C13H15BrN2O2S2. The van der Waals surface area contributed by atoms with Gasteiger partial charge in [0.05, 0.1) is 15.2 Å². The van der Waals surface area contributed by atoms with Crippen LogP contribution in [0.4, 0.5) is 11.4 Å². The number of nitrogens with one attached hydrogen (secondary N) is 1. The first-order chi connectivity index (χ1) is 9.31. The van der Waals surface area contributed by atoms with Gasteiger partial charge in [0.2, 0.25) is 0 Å². The molecule has 20 heavy (non-hydrogen) atoms. The fourth-order valence-electron chi connectivity index (χ4n) is 1.85. The highest BCUT2D eigenvalue weighted by atomic mass is 79.9. The molecule has 0 fully saturated rings. The Kier molecular flexibility index (Phi) is 4.41. The Bertz CT molecular complexity index is 724. The van der Waals surface area contributed by atoms with Crippen molar-refractivity contribution < 1.29 is 8.42 Å². The highest BCUT2D eigenvalue weighted by molar-refractivity contribution is 9.11. The molecular weight excluding hydrogens is 360 g/mol. The van der Waals surface area contributed by atoms with Crippen LogP contribution in [0.15, 0.2) is 39.0 Å². The van der Waals surface area contributed by atoms with Crippen LogP contribution in [0.3, 0.4) is 0 Å². The molecule has 0 aliphatic carbocycles. The van der Waals surface area contributed by atoms with Crippen LogP contribution in [-0.4, -0.2) is 22.5 Å². The maximum Gasteiger partial charge on any atom is 0.263 e. The summed E-state index contributed by atoms with van der Waals surface area (Å²) in [5.74, 6) is 0. The van der Waals surface area contributed by atoms with Crippen LogP contribution in [0.1, 0.15) is 4.88 Å². The van der Waals surface area contributed by atoms with Gasteiger partial charge in [-0.25, -0.2) is 8.42 Å². The zero-order valence-corrected chi connectivity index (χ0v) is 14.6. The van der Waals surface area contributed by atoms with Gasteiger partial charge in [-0.2, -0.15) is 0 Å². The van der Waals surface area contributed by atoms with E-state index in [9.17, 15) is 8.42 Å². The summed E-state index contributed by atoms with van der Waals surface area (Å²) in [6.07, 6.45) is 0. The summed E-state index contributed by atoms with van der Waals surface area (Å²) < 4.78 is 28.4. The summed E-state index contributed by atoms with van der Waals surface area (Å²) in [5, 5.41) is 0. The maximum atomic E-state index is 12.5. The lowest BCUT2D eigenvalue weighted by atomic mass is 10.2. The number of anilines is 2. The molecule has 0 aliphatic rings. The maximum absolute atomic E-state index is 12.5. The Morgan fingerprint density at radius 2 is 1.90 bits per heavy atom. The van der Waals surface area contributed by atoms with Gasteiger partial charge in [-0.15, -0.1) is 11.3 Å². The van der Waals surface area contributed by atoms with E-state index in [1.54, 1.807) is 25.1 Å². The zero-order chi connectivity index (χ0) is 14.9. The van der Waals surface area contributed by atoms with Crippen molar-refractivity contribution in [3.63, 3.8) is 0 Å². The monoisotopic (exact) mass is 374 g/mol. The second kappa shape index (κ2) is 5.75. The van der Waals surface area contributed by atoms with Crippen LogP contribution in [-0.2, 0) is 10.0 Å². The van der Waals surface area contributed by atoms with Crippen molar-refractivity contribution in [2.75, 3.05) is 23.7 Å². The van der Waals surface area contributed by atoms with E-state index in [1.807, 2.05) is 31.1 Å². The minimum Gasteiger partial charge on any atom is -0.376 e. The molecule has 0 unspecified atom stereocenters. The molecule has 4 nitrogen and oxygen atoms in total. The van der Waals surface area contributed by atoms with Crippen molar-refractivity contribution in [3.05, 3.63) is 39.0 Å². The zero-order valence-electron chi connectivity index (χ0n) is 11.3. The fraction of sp³-hybridized carbons (Fsp3) is 0.231. The number of nitrogens with zero attached hydrogens (tertiary/aromatic N) is 1. The third kappa shape index (κ3) is 3.16. The Hall–Kier alpha value is -1.05. The van der Waals surface area contributed by atoms with Crippen molar-refractivity contribution in [2.24, 2.45) is 0 Å². The van der Waals surface area contributed by atoms with E-state index in [2.05, 4.69) is 20.7 Å². The number of aryl methyl sites for hydroxylation is 1. The molecule has 0 radical (unpaired) electrons. The van der Waals surface area contributed by atoms with Crippen LogP contribution < -0.4 is 9.62 Å². The van der Waals surface area contributed by atoms with Gasteiger partial charge in [0.1, 0.15) is 4.90 Å². The number of sulfonamides is 1. The molecule has 2 aromatic rings. The van der Waals surface area contributed by atoms with Crippen LogP contribution in [0.2, 0.25) is 0 Å². The Morgan fingerprint density at radius 1 is 1.25 bits per heavy atom. The summed E-state index contributed by atoms with van der Waals surface area (Å²) in [7, 11) is 0.174. The summed E-state index contributed by atoms with van der Waals surface area (Å²) >= 11 is 4.72. The number of hydrogen-bond donors (Lipinski definition) is 1. The van der Waals surface area contributed by atoms with E-state index in [-0.39, 0.29) is 0 Å². The van der Waals surface area contributed by atoms with Gasteiger partial charge in [-0.05, 0) is 41.1 Å². The average molecular weight is 375 g/mol. The van der Waals surface area contributed by atoms with E-state index in [0.29, 0.717) is 10.6 Å². The van der Waals surface area contributed by atoms with Crippen LogP contribution in [0.25, 0.3) is 0 Å². The predicted molar refractivity (Wildman–Crippen MR) is 88.3 cm³/mol. The third-order valence-corrected chi connectivity index (χ3v) is 5.94. The Balaban J connectivity index is 2.41.